The number of benzene rings is 2. The van der Waals surface area contributed by atoms with E-state index >= 15 is 0 Å². The molecular formula is C16H15N3O2. The fourth-order valence-corrected chi connectivity index (χ4v) is 1.74. The van der Waals surface area contributed by atoms with Crippen LogP contribution in [-0.2, 0) is 0 Å². The molecule has 0 aliphatic carbocycles. The Labute approximate surface area is 123 Å². The van der Waals surface area contributed by atoms with Crippen molar-refractivity contribution < 1.29 is 9.53 Å². The number of nitriles is 1. The van der Waals surface area contributed by atoms with Crippen molar-refractivity contribution in [3.8, 4) is 11.8 Å². The number of nitrogens with zero attached hydrogens (tertiary/aromatic N) is 1. The second-order valence-corrected chi connectivity index (χ2v) is 4.50. The van der Waals surface area contributed by atoms with Gasteiger partial charge in [-0.05, 0) is 48.9 Å². The van der Waals surface area contributed by atoms with Gasteiger partial charge in [0.05, 0.1) is 0 Å². The largest absolute Gasteiger partial charge is 0.479 e. The minimum Gasteiger partial charge on any atom is -0.479 e. The van der Waals surface area contributed by atoms with Crippen molar-refractivity contribution in [1.29, 1.82) is 5.26 Å². The summed E-state index contributed by atoms with van der Waals surface area (Å²) < 4.78 is 5.14. The lowest BCUT2D eigenvalue weighted by Gasteiger charge is -2.08. The van der Waals surface area contributed by atoms with Crippen LogP contribution in [0, 0.1) is 18.3 Å². The van der Waals surface area contributed by atoms with E-state index in [0.29, 0.717) is 22.7 Å². The summed E-state index contributed by atoms with van der Waals surface area (Å²) in [6.45, 7) is 1.88. The molecule has 1 amide bonds. The summed E-state index contributed by atoms with van der Waals surface area (Å²) >= 11 is 0. The monoisotopic (exact) mass is 281 g/mol. The molecule has 21 heavy (non-hydrogen) atoms. The Bertz CT molecular complexity index is 688. The van der Waals surface area contributed by atoms with Gasteiger partial charge in [-0.2, -0.15) is 5.26 Å². The Hall–Kier alpha value is -3.00. The van der Waals surface area contributed by atoms with Gasteiger partial charge in [-0.1, -0.05) is 6.07 Å². The zero-order valence-corrected chi connectivity index (χ0v) is 11.6. The van der Waals surface area contributed by atoms with E-state index < -0.39 is 0 Å². The maximum Gasteiger partial charge on any atom is 0.255 e. The molecule has 2 rings (SSSR count). The van der Waals surface area contributed by atoms with E-state index in [1.165, 1.54) is 0 Å². The molecule has 0 saturated carbocycles. The molecule has 0 spiro atoms. The lowest BCUT2D eigenvalue weighted by molar-refractivity contribution is 0.102. The number of carbonyl (C=O) groups excluding carboxylic acids is 1. The molecule has 0 saturated heterocycles. The average molecular weight is 281 g/mol. The molecule has 5 nitrogen and oxygen atoms in total. The van der Waals surface area contributed by atoms with E-state index in [1.807, 2.05) is 19.1 Å². The van der Waals surface area contributed by atoms with Crippen LogP contribution in [0.15, 0.2) is 42.5 Å². The first kappa shape index (κ1) is 14.4. The molecule has 0 atom stereocenters. The Morgan fingerprint density at radius 1 is 1.29 bits per heavy atom. The lowest BCUT2D eigenvalue weighted by Crippen LogP contribution is -2.12. The average Bonchev–Trinajstić information content (AvgIpc) is 2.49. The van der Waals surface area contributed by atoms with Crippen LogP contribution in [0.1, 0.15) is 15.9 Å². The third-order valence-electron chi connectivity index (χ3n) is 2.96. The normalized spacial score (nSPS) is 9.71. The standard InChI is InChI=1S/C16H15N3O2/c1-11-2-3-12(10-15(11)18)16(20)19-13-4-6-14(7-5-13)21-9-8-17/h2-7,10H,9,18H2,1H3,(H,19,20). The maximum atomic E-state index is 12.1. The number of amides is 1. The number of nitrogen functional groups attached to an aromatic ring is 1. The zero-order valence-electron chi connectivity index (χ0n) is 11.6. The molecule has 106 valence electrons. The van der Waals surface area contributed by atoms with Crippen LogP contribution in [0.5, 0.6) is 5.75 Å². The molecule has 2 aromatic rings. The summed E-state index contributed by atoms with van der Waals surface area (Å²) in [6, 6.07) is 13.9. The summed E-state index contributed by atoms with van der Waals surface area (Å²) in [5, 5.41) is 11.2. The minimum atomic E-state index is -0.229. The van der Waals surface area contributed by atoms with E-state index in [4.69, 9.17) is 15.7 Å². The van der Waals surface area contributed by atoms with E-state index in [-0.39, 0.29) is 12.5 Å². The number of anilines is 2. The number of hydrogen-bond donors (Lipinski definition) is 2. The molecule has 0 heterocycles. The van der Waals surface area contributed by atoms with Gasteiger partial charge in [0.15, 0.2) is 6.61 Å². The quantitative estimate of drug-likeness (QED) is 0.843. The second-order valence-electron chi connectivity index (χ2n) is 4.50. The third kappa shape index (κ3) is 3.74. The van der Waals surface area contributed by atoms with Gasteiger partial charge in [-0.15, -0.1) is 0 Å². The molecule has 0 radical (unpaired) electrons. The Balaban J connectivity index is 2.05. The number of nitrogens with one attached hydrogen (secondary N) is 1. The van der Waals surface area contributed by atoms with Gasteiger partial charge in [0.2, 0.25) is 0 Å². The number of aryl methyl sites for hydroxylation is 1. The molecule has 2 aromatic carbocycles. The SMILES string of the molecule is Cc1ccc(C(=O)Nc2ccc(OCC#N)cc2)cc1N. The highest BCUT2D eigenvalue weighted by Crippen LogP contribution is 2.18. The molecular weight excluding hydrogens is 266 g/mol. The first-order valence-electron chi connectivity index (χ1n) is 6.37. The molecule has 0 aromatic heterocycles. The van der Waals surface area contributed by atoms with Crippen LogP contribution in [0.3, 0.4) is 0 Å². The summed E-state index contributed by atoms with van der Waals surface area (Å²) in [6.07, 6.45) is 0. The van der Waals surface area contributed by atoms with Gasteiger partial charge in [0, 0.05) is 16.9 Å². The molecule has 3 N–H and O–H groups in total. The van der Waals surface area contributed by atoms with Gasteiger partial charge in [-0.3, -0.25) is 4.79 Å². The van der Waals surface area contributed by atoms with Crippen LogP contribution < -0.4 is 15.8 Å². The maximum absolute atomic E-state index is 12.1. The number of ether oxygens (including phenoxy) is 1. The Morgan fingerprint density at radius 2 is 2.00 bits per heavy atom. The number of rotatable bonds is 4. The molecule has 5 heteroatoms. The van der Waals surface area contributed by atoms with E-state index in [1.54, 1.807) is 36.4 Å². The van der Waals surface area contributed by atoms with Crippen molar-refractivity contribution in [2.24, 2.45) is 0 Å². The predicted molar refractivity (Wildman–Crippen MR) is 81.1 cm³/mol. The predicted octanol–water partition coefficient (Wildman–Crippen LogP) is 2.73. The number of nitrogens with two attached hydrogens (primary N) is 1. The Kier molecular flexibility index (Phi) is 4.42. The van der Waals surface area contributed by atoms with Crippen molar-refractivity contribution in [3.05, 3.63) is 53.6 Å². The third-order valence-corrected chi connectivity index (χ3v) is 2.96. The fraction of sp³-hybridized carbons (Fsp3) is 0.125. The first-order chi connectivity index (χ1) is 10.1. The number of hydrogen-bond acceptors (Lipinski definition) is 4. The van der Waals surface area contributed by atoms with Gasteiger partial charge in [0.1, 0.15) is 11.8 Å². The van der Waals surface area contributed by atoms with Crippen LogP contribution in [-0.4, -0.2) is 12.5 Å². The smallest absolute Gasteiger partial charge is 0.255 e. The summed E-state index contributed by atoms with van der Waals surface area (Å²) in [4.78, 5) is 12.1. The molecule has 0 fully saturated rings. The second kappa shape index (κ2) is 6.44. The van der Waals surface area contributed by atoms with E-state index in [9.17, 15) is 4.79 Å². The molecule has 0 aliphatic heterocycles. The van der Waals surface area contributed by atoms with Crippen LogP contribution in [0.25, 0.3) is 0 Å². The van der Waals surface area contributed by atoms with Crippen molar-refractivity contribution in [3.63, 3.8) is 0 Å². The molecule has 0 unspecified atom stereocenters. The summed E-state index contributed by atoms with van der Waals surface area (Å²) in [5.74, 6) is 0.349. The van der Waals surface area contributed by atoms with E-state index in [0.717, 1.165) is 5.56 Å². The summed E-state index contributed by atoms with van der Waals surface area (Å²) in [7, 11) is 0. The summed E-state index contributed by atoms with van der Waals surface area (Å²) in [5.41, 5.74) is 8.46. The first-order valence-corrected chi connectivity index (χ1v) is 6.37. The van der Waals surface area contributed by atoms with Crippen molar-refractivity contribution in [1.82, 2.24) is 0 Å². The fourth-order valence-electron chi connectivity index (χ4n) is 1.74. The van der Waals surface area contributed by atoms with Gasteiger partial charge >= 0.3 is 0 Å². The highest BCUT2D eigenvalue weighted by atomic mass is 16.5. The highest BCUT2D eigenvalue weighted by molar-refractivity contribution is 6.04. The lowest BCUT2D eigenvalue weighted by atomic mass is 10.1. The van der Waals surface area contributed by atoms with Gasteiger partial charge < -0.3 is 15.8 Å². The Morgan fingerprint density at radius 3 is 2.62 bits per heavy atom. The van der Waals surface area contributed by atoms with Crippen molar-refractivity contribution >= 4 is 17.3 Å². The van der Waals surface area contributed by atoms with Crippen LogP contribution in [0.2, 0.25) is 0 Å². The zero-order chi connectivity index (χ0) is 15.2. The topological polar surface area (TPSA) is 88.1 Å². The highest BCUT2D eigenvalue weighted by Gasteiger charge is 2.07. The van der Waals surface area contributed by atoms with Crippen LogP contribution >= 0.6 is 0 Å². The van der Waals surface area contributed by atoms with Crippen LogP contribution in [0.4, 0.5) is 11.4 Å². The van der Waals surface area contributed by atoms with Gasteiger partial charge in [-0.25, -0.2) is 0 Å². The van der Waals surface area contributed by atoms with Gasteiger partial charge in [0.25, 0.3) is 5.91 Å². The minimum absolute atomic E-state index is 0.00561. The van der Waals surface area contributed by atoms with Crippen molar-refractivity contribution in [2.75, 3.05) is 17.7 Å². The van der Waals surface area contributed by atoms with Crippen molar-refractivity contribution in [2.45, 2.75) is 6.92 Å². The molecule has 0 aliphatic rings. The van der Waals surface area contributed by atoms with E-state index in [2.05, 4.69) is 5.32 Å². The molecule has 0 bridgehead atoms. The number of carbonyl (C=O) groups is 1.